The molecule has 0 spiro atoms. The SMILES string of the molecule is CC(N)c1cc2cc(Oc3ccccc3)ccc2o1. The zero-order valence-corrected chi connectivity index (χ0v) is 10.7. The van der Waals surface area contributed by atoms with Crippen molar-refractivity contribution in [2.45, 2.75) is 13.0 Å². The van der Waals surface area contributed by atoms with Crippen LogP contribution < -0.4 is 10.5 Å². The van der Waals surface area contributed by atoms with Crippen molar-refractivity contribution >= 4 is 11.0 Å². The van der Waals surface area contributed by atoms with Gasteiger partial charge in [-0.05, 0) is 43.3 Å². The number of ether oxygens (including phenoxy) is 1. The molecule has 96 valence electrons. The molecule has 1 atom stereocenters. The summed E-state index contributed by atoms with van der Waals surface area (Å²) in [6, 6.07) is 17.3. The van der Waals surface area contributed by atoms with Gasteiger partial charge in [-0.25, -0.2) is 0 Å². The second-order valence-corrected chi connectivity index (χ2v) is 4.55. The van der Waals surface area contributed by atoms with Crippen molar-refractivity contribution in [1.82, 2.24) is 0 Å². The van der Waals surface area contributed by atoms with Crippen LogP contribution in [0.15, 0.2) is 59.0 Å². The highest BCUT2D eigenvalue weighted by Crippen LogP contribution is 2.28. The molecular weight excluding hydrogens is 238 g/mol. The predicted molar refractivity (Wildman–Crippen MR) is 75.3 cm³/mol. The Balaban J connectivity index is 1.93. The molecule has 0 saturated carbocycles. The Morgan fingerprint density at radius 1 is 1.00 bits per heavy atom. The highest BCUT2D eigenvalue weighted by molar-refractivity contribution is 5.79. The average molecular weight is 253 g/mol. The van der Waals surface area contributed by atoms with E-state index in [0.717, 1.165) is 28.2 Å². The first-order valence-corrected chi connectivity index (χ1v) is 6.24. The van der Waals surface area contributed by atoms with E-state index in [1.165, 1.54) is 0 Å². The topological polar surface area (TPSA) is 48.4 Å². The number of hydrogen-bond acceptors (Lipinski definition) is 3. The molecule has 1 heterocycles. The van der Waals surface area contributed by atoms with Gasteiger partial charge in [0, 0.05) is 5.39 Å². The maximum atomic E-state index is 5.81. The molecule has 2 N–H and O–H groups in total. The number of nitrogens with two attached hydrogens (primary N) is 1. The number of fused-ring (bicyclic) bond motifs is 1. The van der Waals surface area contributed by atoms with E-state index in [-0.39, 0.29) is 6.04 Å². The van der Waals surface area contributed by atoms with Crippen LogP contribution in [0.2, 0.25) is 0 Å². The van der Waals surface area contributed by atoms with Gasteiger partial charge >= 0.3 is 0 Å². The highest BCUT2D eigenvalue weighted by atomic mass is 16.5. The first-order chi connectivity index (χ1) is 9.22. The molecule has 2 aromatic carbocycles. The predicted octanol–water partition coefficient (Wildman–Crippen LogP) is 4.24. The maximum Gasteiger partial charge on any atom is 0.134 e. The van der Waals surface area contributed by atoms with E-state index in [0.29, 0.717) is 0 Å². The minimum atomic E-state index is -0.106. The molecule has 0 aliphatic heterocycles. The second kappa shape index (κ2) is 4.78. The summed E-state index contributed by atoms with van der Waals surface area (Å²) < 4.78 is 11.4. The Hall–Kier alpha value is -2.26. The summed E-state index contributed by atoms with van der Waals surface area (Å²) in [7, 11) is 0. The summed E-state index contributed by atoms with van der Waals surface area (Å²) in [6.45, 7) is 1.90. The summed E-state index contributed by atoms with van der Waals surface area (Å²) in [6.07, 6.45) is 0. The lowest BCUT2D eigenvalue weighted by atomic mass is 10.2. The summed E-state index contributed by atoms with van der Waals surface area (Å²) in [5.74, 6) is 2.39. The molecule has 3 nitrogen and oxygen atoms in total. The van der Waals surface area contributed by atoms with E-state index >= 15 is 0 Å². The molecule has 0 radical (unpaired) electrons. The molecule has 0 amide bonds. The normalized spacial score (nSPS) is 12.5. The molecule has 1 aromatic heterocycles. The minimum Gasteiger partial charge on any atom is -0.459 e. The van der Waals surface area contributed by atoms with Crippen molar-refractivity contribution in [1.29, 1.82) is 0 Å². The fourth-order valence-corrected chi connectivity index (χ4v) is 1.95. The van der Waals surface area contributed by atoms with Gasteiger partial charge in [-0.1, -0.05) is 18.2 Å². The second-order valence-electron chi connectivity index (χ2n) is 4.55. The lowest BCUT2D eigenvalue weighted by molar-refractivity contribution is 0.482. The lowest BCUT2D eigenvalue weighted by Gasteiger charge is -2.04. The van der Waals surface area contributed by atoms with Crippen molar-refractivity contribution in [2.24, 2.45) is 5.73 Å². The lowest BCUT2D eigenvalue weighted by Crippen LogP contribution is -2.02. The maximum absolute atomic E-state index is 5.81. The summed E-state index contributed by atoms with van der Waals surface area (Å²) in [4.78, 5) is 0. The van der Waals surface area contributed by atoms with Crippen LogP contribution in [0, 0.1) is 0 Å². The molecule has 19 heavy (non-hydrogen) atoms. The fourth-order valence-electron chi connectivity index (χ4n) is 1.95. The molecule has 3 rings (SSSR count). The van der Waals surface area contributed by atoms with Gasteiger partial charge in [0.1, 0.15) is 22.8 Å². The van der Waals surface area contributed by atoms with Gasteiger partial charge in [0.25, 0.3) is 0 Å². The van der Waals surface area contributed by atoms with Crippen molar-refractivity contribution in [3.05, 3.63) is 60.4 Å². The van der Waals surface area contributed by atoms with Gasteiger partial charge in [-0.3, -0.25) is 0 Å². The molecule has 1 unspecified atom stereocenters. The van der Waals surface area contributed by atoms with Crippen LogP contribution in [0.5, 0.6) is 11.5 Å². The summed E-state index contributed by atoms with van der Waals surface area (Å²) >= 11 is 0. The first-order valence-electron chi connectivity index (χ1n) is 6.24. The monoisotopic (exact) mass is 253 g/mol. The van der Waals surface area contributed by atoms with E-state index in [1.807, 2.05) is 61.5 Å². The highest BCUT2D eigenvalue weighted by Gasteiger charge is 2.08. The van der Waals surface area contributed by atoms with Crippen LogP contribution in [-0.4, -0.2) is 0 Å². The van der Waals surface area contributed by atoms with E-state index < -0.39 is 0 Å². The number of benzene rings is 2. The molecular formula is C16H15NO2. The van der Waals surface area contributed by atoms with E-state index in [2.05, 4.69) is 0 Å². The third-order valence-electron chi connectivity index (χ3n) is 2.93. The largest absolute Gasteiger partial charge is 0.459 e. The van der Waals surface area contributed by atoms with E-state index in [4.69, 9.17) is 14.9 Å². The zero-order valence-electron chi connectivity index (χ0n) is 10.7. The average Bonchev–Trinajstić information content (AvgIpc) is 2.83. The third-order valence-corrected chi connectivity index (χ3v) is 2.93. The van der Waals surface area contributed by atoms with Crippen LogP contribution >= 0.6 is 0 Å². The van der Waals surface area contributed by atoms with Gasteiger partial charge in [0.2, 0.25) is 0 Å². The van der Waals surface area contributed by atoms with Gasteiger partial charge in [0.05, 0.1) is 6.04 Å². The zero-order chi connectivity index (χ0) is 13.2. The summed E-state index contributed by atoms with van der Waals surface area (Å²) in [5, 5.41) is 1.00. The molecule has 3 heteroatoms. The van der Waals surface area contributed by atoms with Crippen LogP contribution in [0.25, 0.3) is 11.0 Å². The number of rotatable bonds is 3. The van der Waals surface area contributed by atoms with Crippen LogP contribution in [0.4, 0.5) is 0 Å². The Morgan fingerprint density at radius 3 is 2.53 bits per heavy atom. The molecule has 0 aliphatic carbocycles. The Labute approximate surface area is 111 Å². The standard InChI is InChI=1S/C16H15NO2/c1-11(17)16-10-12-9-14(7-8-15(12)19-16)18-13-5-3-2-4-6-13/h2-11H,17H2,1H3. The number of furan rings is 1. The summed E-state index contributed by atoms with van der Waals surface area (Å²) in [5.41, 5.74) is 6.64. The Bertz CT molecular complexity index is 686. The molecule has 3 aromatic rings. The van der Waals surface area contributed by atoms with Crippen LogP contribution in [0.3, 0.4) is 0 Å². The van der Waals surface area contributed by atoms with Gasteiger partial charge < -0.3 is 14.9 Å². The molecule has 0 aliphatic rings. The minimum absolute atomic E-state index is 0.106. The van der Waals surface area contributed by atoms with E-state index in [1.54, 1.807) is 0 Å². The number of para-hydroxylation sites is 1. The van der Waals surface area contributed by atoms with Crippen molar-refractivity contribution in [3.63, 3.8) is 0 Å². The van der Waals surface area contributed by atoms with Gasteiger partial charge in [-0.2, -0.15) is 0 Å². The Morgan fingerprint density at radius 2 is 1.79 bits per heavy atom. The van der Waals surface area contributed by atoms with Gasteiger partial charge in [0.15, 0.2) is 0 Å². The van der Waals surface area contributed by atoms with Crippen LogP contribution in [-0.2, 0) is 0 Å². The molecule has 0 fully saturated rings. The molecule has 0 saturated heterocycles. The Kier molecular flexibility index (Phi) is 2.97. The van der Waals surface area contributed by atoms with Crippen molar-refractivity contribution in [2.75, 3.05) is 0 Å². The smallest absolute Gasteiger partial charge is 0.134 e. The third kappa shape index (κ3) is 2.46. The molecule has 0 bridgehead atoms. The fraction of sp³-hybridized carbons (Fsp3) is 0.125. The van der Waals surface area contributed by atoms with E-state index in [9.17, 15) is 0 Å². The first kappa shape index (κ1) is 11.8. The van der Waals surface area contributed by atoms with Gasteiger partial charge in [-0.15, -0.1) is 0 Å². The number of hydrogen-bond donors (Lipinski definition) is 1. The van der Waals surface area contributed by atoms with Crippen molar-refractivity contribution < 1.29 is 9.15 Å². The quantitative estimate of drug-likeness (QED) is 0.759. The van der Waals surface area contributed by atoms with Crippen LogP contribution in [0.1, 0.15) is 18.7 Å². The van der Waals surface area contributed by atoms with Crippen molar-refractivity contribution in [3.8, 4) is 11.5 Å².